The minimum Gasteiger partial charge on any atom is -0.372 e. The van der Waals surface area contributed by atoms with Gasteiger partial charge >= 0.3 is 0 Å². The molecule has 0 aliphatic heterocycles. The minimum atomic E-state index is -0.127. The zero-order valence-corrected chi connectivity index (χ0v) is 12.4. The Hall–Kier alpha value is -1.65. The van der Waals surface area contributed by atoms with Crippen molar-refractivity contribution in [2.24, 2.45) is 11.8 Å². The number of hydrogen-bond acceptors (Lipinski definition) is 4. The quantitative estimate of drug-likeness (QED) is 0.867. The average molecular weight is 276 g/mol. The largest absolute Gasteiger partial charge is 0.372 e. The van der Waals surface area contributed by atoms with Crippen molar-refractivity contribution >= 4 is 11.7 Å². The van der Waals surface area contributed by atoms with Crippen LogP contribution in [0.1, 0.15) is 49.5 Å². The molecule has 20 heavy (non-hydrogen) atoms. The first-order valence-electron chi connectivity index (χ1n) is 7.51. The maximum absolute atomic E-state index is 12.0. The Labute approximate surface area is 120 Å². The molecule has 1 fully saturated rings. The Kier molecular flexibility index (Phi) is 5.32. The molecule has 1 aromatic heterocycles. The number of carbonyl (C=O) groups is 1. The molecule has 0 bridgehead atoms. The Morgan fingerprint density at radius 2 is 1.90 bits per heavy atom. The van der Waals surface area contributed by atoms with Crippen LogP contribution in [-0.2, 0) is 0 Å². The summed E-state index contributed by atoms with van der Waals surface area (Å²) in [5, 5.41) is 5.86. The van der Waals surface area contributed by atoms with Crippen molar-refractivity contribution in [1.82, 2.24) is 15.3 Å². The van der Waals surface area contributed by atoms with Crippen molar-refractivity contribution in [2.45, 2.75) is 39.0 Å². The van der Waals surface area contributed by atoms with Gasteiger partial charge < -0.3 is 10.6 Å². The Morgan fingerprint density at radius 3 is 2.45 bits per heavy atom. The molecule has 0 aromatic carbocycles. The molecule has 1 heterocycles. The molecule has 1 saturated carbocycles. The van der Waals surface area contributed by atoms with E-state index in [2.05, 4.69) is 27.5 Å². The highest BCUT2D eigenvalue weighted by atomic mass is 16.1. The lowest BCUT2D eigenvalue weighted by atomic mass is 9.81. The number of rotatable bonds is 5. The third-order valence-electron chi connectivity index (χ3n) is 4.24. The molecule has 1 aromatic rings. The van der Waals surface area contributed by atoms with Crippen LogP contribution in [-0.4, -0.2) is 29.5 Å². The second kappa shape index (κ2) is 7.22. The van der Waals surface area contributed by atoms with Crippen LogP contribution in [0.15, 0.2) is 12.4 Å². The summed E-state index contributed by atoms with van der Waals surface area (Å²) in [4.78, 5) is 20.2. The van der Waals surface area contributed by atoms with Gasteiger partial charge in [-0.25, -0.2) is 9.97 Å². The van der Waals surface area contributed by atoms with Gasteiger partial charge in [-0.3, -0.25) is 4.79 Å². The molecule has 0 unspecified atom stereocenters. The van der Waals surface area contributed by atoms with Crippen LogP contribution < -0.4 is 10.6 Å². The predicted octanol–water partition coefficient (Wildman–Crippen LogP) is 2.46. The van der Waals surface area contributed by atoms with Crippen molar-refractivity contribution < 1.29 is 4.79 Å². The third kappa shape index (κ3) is 3.92. The van der Waals surface area contributed by atoms with Crippen LogP contribution in [0, 0.1) is 11.8 Å². The first kappa shape index (κ1) is 14.8. The molecule has 0 saturated heterocycles. The predicted molar refractivity (Wildman–Crippen MR) is 79.7 cm³/mol. The fourth-order valence-electron chi connectivity index (χ4n) is 2.75. The Balaban J connectivity index is 1.77. The standard InChI is InChI=1S/C15H24N4O/c1-3-11-4-6-12(7-5-11)8-19-15(20)13-9-18-14(16-2)10-17-13/h9-12H,3-8H2,1-2H3,(H,16,18)(H,19,20). The SMILES string of the molecule is CCC1CCC(CNC(=O)c2cnc(NC)cn2)CC1. The molecule has 0 spiro atoms. The maximum atomic E-state index is 12.0. The van der Waals surface area contributed by atoms with E-state index < -0.39 is 0 Å². The fourth-order valence-corrected chi connectivity index (χ4v) is 2.75. The van der Waals surface area contributed by atoms with E-state index >= 15 is 0 Å². The zero-order valence-electron chi connectivity index (χ0n) is 12.4. The Morgan fingerprint density at radius 1 is 1.20 bits per heavy atom. The average Bonchev–Trinajstić information content (AvgIpc) is 2.53. The molecule has 1 amide bonds. The van der Waals surface area contributed by atoms with Crippen LogP contribution in [0.3, 0.4) is 0 Å². The highest BCUT2D eigenvalue weighted by Crippen LogP contribution is 2.30. The van der Waals surface area contributed by atoms with Crippen molar-refractivity contribution in [1.29, 1.82) is 0 Å². The smallest absolute Gasteiger partial charge is 0.271 e. The topological polar surface area (TPSA) is 66.9 Å². The highest BCUT2D eigenvalue weighted by Gasteiger charge is 2.20. The van der Waals surface area contributed by atoms with E-state index in [0.717, 1.165) is 12.5 Å². The number of amides is 1. The van der Waals surface area contributed by atoms with Gasteiger partial charge in [0.05, 0.1) is 12.4 Å². The number of anilines is 1. The summed E-state index contributed by atoms with van der Waals surface area (Å²) >= 11 is 0. The summed E-state index contributed by atoms with van der Waals surface area (Å²) in [5.74, 6) is 2.05. The number of nitrogens with zero attached hydrogens (tertiary/aromatic N) is 2. The number of carbonyl (C=O) groups excluding carboxylic acids is 1. The molecule has 1 aliphatic rings. The first-order valence-corrected chi connectivity index (χ1v) is 7.51. The fraction of sp³-hybridized carbons (Fsp3) is 0.667. The molecule has 110 valence electrons. The van der Waals surface area contributed by atoms with E-state index in [-0.39, 0.29) is 5.91 Å². The van der Waals surface area contributed by atoms with Gasteiger partial charge in [0, 0.05) is 13.6 Å². The first-order chi connectivity index (χ1) is 9.72. The second-order valence-electron chi connectivity index (χ2n) is 5.54. The van der Waals surface area contributed by atoms with E-state index in [1.54, 1.807) is 13.2 Å². The van der Waals surface area contributed by atoms with Gasteiger partial charge in [0.2, 0.25) is 0 Å². The molecule has 5 heteroatoms. The lowest BCUT2D eigenvalue weighted by Gasteiger charge is -2.27. The van der Waals surface area contributed by atoms with E-state index in [1.165, 1.54) is 38.3 Å². The van der Waals surface area contributed by atoms with E-state index in [1.807, 2.05) is 0 Å². The molecule has 2 N–H and O–H groups in total. The molecule has 5 nitrogen and oxygen atoms in total. The van der Waals surface area contributed by atoms with Gasteiger partial charge in [-0.05, 0) is 24.7 Å². The number of aromatic nitrogens is 2. The lowest BCUT2D eigenvalue weighted by Crippen LogP contribution is -2.31. The monoisotopic (exact) mass is 276 g/mol. The van der Waals surface area contributed by atoms with Gasteiger partial charge in [-0.15, -0.1) is 0 Å². The summed E-state index contributed by atoms with van der Waals surface area (Å²) in [5.41, 5.74) is 0.381. The number of hydrogen-bond donors (Lipinski definition) is 2. The van der Waals surface area contributed by atoms with E-state index in [0.29, 0.717) is 17.4 Å². The van der Waals surface area contributed by atoms with Gasteiger partial charge in [0.15, 0.2) is 0 Å². The summed E-state index contributed by atoms with van der Waals surface area (Å²) in [6, 6.07) is 0. The summed E-state index contributed by atoms with van der Waals surface area (Å²) in [7, 11) is 1.77. The maximum Gasteiger partial charge on any atom is 0.271 e. The van der Waals surface area contributed by atoms with Gasteiger partial charge in [-0.1, -0.05) is 26.2 Å². The van der Waals surface area contributed by atoms with Crippen LogP contribution >= 0.6 is 0 Å². The Bertz CT molecular complexity index is 424. The van der Waals surface area contributed by atoms with Crippen molar-refractivity contribution in [2.75, 3.05) is 18.9 Å². The summed E-state index contributed by atoms with van der Waals surface area (Å²) in [6.45, 7) is 3.02. The van der Waals surface area contributed by atoms with Crippen LogP contribution in [0.4, 0.5) is 5.82 Å². The van der Waals surface area contributed by atoms with Crippen LogP contribution in [0.5, 0.6) is 0 Å². The van der Waals surface area contributed by atoms with Gasteiger partial charge in [0.25, 0.3) is 5.91 Å². The molecule has 2 rings (SSSR count). The summed E-state index contributed by atoms with van der Waals surface area (Å²) < 4.78 is 0. The molecule has 0 radical (unpaired) electrons. The zero-order chi connectivity index (χ0) is 14.4. The molecule has 1 aliphatic carbocycles. The van der Waals surface area contributed by atoms with E-state index in [4.69, 9.17) is 0 Å². The van der Waals surface area contributed by atoms with Crippen molar-refractivity contribution in [3.05, 3.63) is 18.1 Å². The lowest BCUT2D eigenvalue weighted by molar-refractivity contribution is 0.0936. The highest BCUT2D eigenvalue weighted by molar-refractivity contribution is 5.91. The second-order valence-corrected chi connectivity index (χ2v) is 5.54. The summed E-state index contributed by atoms with van der Waals surface area (Å²) in [6.07, 6.45) is 9.41. The van der Waals surface area contributed by atoms with Gasteiger partial charge in [0.1, 0.15) is 11.5 Å². The van der Waals surface area contributed by atoms with Gasteiger partial charge in [-0.2, -0.15) is 0 Å². The van der Waals surface area contributed by atoms with E-state index in [9.17, 15) is 4.79 Å². The number of nitrogens with one attached hydrogen (secondary N) is 2. The van der Waals surface area contributed by atoms with Crippen LogP contribution in [0.25, 0.3) is 0 Å². The molecule has 0 atom stereocenters. The van der Waals surface area contributed by atoms with Crippen molar-refractivity contribution in [3.8, 4) is 0 Å². The van der Waals surface area contributed by atoms with Crippen LogP contribution in [0.2, 0.25) is 0 Å². The third-order valence-corrected chi connectivity index (χ3v) is 4.24. The minimum absolute atomic E-state index is 0.127. The molecular weight excluding hydrogens is 252 g/mol. The molecular formula is C15H24N4O. The van der Waals surface area contributed by atoms with Crippen molar-refractivity contribution in [3.63, 3.8) is 0 Å². The normalized spacial score (nSPS) is 22.3.